The van der Waals surface area contributed by atoms with Gasteiger partial charge in [0.15, 0.2) is 25.0 Å². The molecule has 3 aliphatic rings. The molecule has 25 heteroatoms. The average Bonchev–Trinajstić information content (AvgIpc) is 3.11. The van der Waals surface area contributed by atoms with Crippen LogP contribution in [0.15, 0.2) is 0 Å². The molecule has 0 aromatic heterocycles. The highest BCUT2D eigenvalue weighted by molar-refractivity contribution is 5.80. The number of nitrogens with one attached hydrogen (secondary N) is 4. The molecule has 0 aliphatic carbocycles. The van der Waals surface area contributed by atoms with Crippen molar-refractivity contribution in [2.24, 2.45) is 5.73 Å². The topological polar surface area (TPSA) is 378 Å². The smallest absolute Gasteiger partial charge is 0.409 e. The SMILES string of the molecule is CC(C)(C)OC(=O)NCC[C@H](O)C(=O)N[C@@H]1OC(NC(=O)OC(C)(C)C)[C@@H](O[C@H]2OC(CN)[C@@H](O)[C@H](O)C2O)[C@H](O)C1O[C@H]1OC(CO)[C@@H](O)[C@H](NC(=O)OC(C)(C)C)C1O. The molecule has 16 atom stereocenters. The number of ether oxygens (including phenoxy) is 8. The third-order valence-electron chi connectivity index (χ3n) is 8.95. The zero-order chi connectivity index (χ0) is 46.4. The van der Waals surface area contributed by atoms with E-state index in [1.54, 1.807) is 41.5 Å². The molecule has 354 valence electrons. The minimum absolute atomic E-state index is 0.261. The van der Waals surface area contributed by atoms with Crippen molar-refractivity contribution in [2.45, 2.75) is 184 Å². The molecule has 0 radical (unpaired) electrons. The molecule has 0 spiro atoms. The molecular weight excluding hydrogens is 822 g/mol. The number of amides is 4. The number of hydrogen-bond acceptors (Lipinski definition) is 21. The number of nitrogens with two attached hydrogens (primary N) is 1. The minimum Gasteiger partial charge on any atom is -0.444 e. The lowest BCUT2D eigenvalue weighted by Gasteiger charge is -2.49. The lowest BCUT2D eigenvalue weighted by molar-refractivity contribution is -0.360. The normalized spacial score (nSPS) is 35.3. The summed E-state index contributed by atoms with van der Waals surface area (Å²) in [7, 11) is 0. The standard InChI is InChI=1S/C36H65N5O20/c1-34(2,3)59-31(51)38-11-10-14(43)26(50)40-27-24(56-29-20(46)17(18(44)16(13-42)55-29)39-32(52)60-35(4,5)6)23(49)25(28(58-27)41-33(53)61-36(7,8)9)57-30-22(48)21(47)19(45)15(12-37)54-30/h14-25,27-30,42-49H,10-13,37H2,1-9H3,(H,38,51)(H,39,52)(H,40,50)(H,41,53)/t14-,15?,16?,17-,18+,19+,20?,21-,22?,23+,24?,25-,27+,28?,29+,30+/m0/s1. The van der Waals surface area contributed by atoms with Crippen LogP contribution in [0.2, 0.25) is 0 Å². The van der Waals surface area contributed by atoms with Crippen LogP contribution in [-0.2, 0) is 42.7 Å². The summed E-state index contributed by atoms with van der Waals surface area (Å²) >= 11 is 0. The molecule has 3 saturated heterocycles. The Morgan fingerprint density at radius 3 is 1.59 bits per heavy atom. The molecular formula is C36H65N5O20. The highest BCUT2D eigenvalue weighted by Gasteiger charge is 2.55. The van der Waals surface area contributed by atoms with Gasteiger partial charge in [-0.1, -0.05) is 0 Å². The van der Waals surface area contributed by atoms with Gasteiger partial charge in [0.25, 0.3) is 5.91 Å². The van der Waals surface area contributed by atoms with Crippen LogP contribution in [0.3, 0.4) is 0 Å². The second-order valence-corrected chi connectivity index (χ2v) is 17.7. The van der Waals surface area contributed by atoms with Gasteiger partial charge < -0.3 is 100 Å². The Morgan fingerprint density at radius 2 is 1.08 bits per heavy atom. The number of carbonyl (C=O) groups is 4. The van der Waals surface area contributed by atoms with Gasteiger partial charge in [0.2, 0.25) is 0 Å². The first-order valence-corrected chi connectivity index (χ1v) is 19.7. The molecule has 3 heterocycles. The van der Waals surface area contributed by atoms with E-state index in [0.717, 1.165) is 0 Å². The maximum Gasteiger partial charge on any atom is 0.409 e. The van der Waals surface area contributed by atoms with Gasteiger partial charge in [-0.3, -0.25) is 10.1 Å². The second kappa shape index (κ2) is 21.4. The van der Waals surface area contributed by atoms with Crippen molar-refractivity contribution in [1.29, 1.82) is 0 Å². The summed E-state index contributed by atoms with van der Waals surface area (Å²) in [5.74, 6) is -1.18. The average molecular weight is 888 g/mol. The summed E-state index contributed by atoms with van der Waals surface area (Å²) in [6.45, 7) is 12.6. The molecule has 0 aromatic rings. The van der Waals surface area contributed by atoms with E-state index in [0.29, 0.717) is 0 Å². The number of alkyl carbamates (subject to hydrolysis) is 3. The summed E-state index contributed by atoms with van der Waals surface area (Å²) in [5, 5.41) is 96.3. The van der Waals surface area contributed by atoms with E-state index in [4.69, 9.17) is 43.6 Å². The zero-order valence-corrected chi connectivity index (χ0v) is 35.6. The summed E-state index contributed by atoms with van der Waals surface area (Å²) in [6.07, 6.45) is -31.3. The highest BCUT2D eigenvalue weighted by Crippen LogP contribution is 2.32. The molecule has 25 nitrogen and oxygen atoms in total. The quantitative estimate of drug-likeness (QED) is 0.0780. The Labute approximate surface area is 352 Å². The summed E-state index contributed by atoms with van der Waals surface area (Å²) < 4.78 is 44.8. The van der Waals surface area contributed by atoms with E-state index in [-0.39, 0.29) is 19.5 Å². The van der Waals surface area contributed by atoms with Gasteiger partial charge in [-0.25, -0.2) is 14.4 Å². The molecule has 3 rings (SSSR count). The largest absolute Gasteiger partial charge is 0.444 e. The molecule has 0 bridgehead atoms. The summed E-state index contributed by atoms with van der Waals surface area (Å²) in [4.78, 5) is 51.4. The van der Waals surface area contributed by atoms with Crippen LogP contribution in [0.25, 0.3) is 0 Å². The number of rotatable bonds is 13. The molecule has 4 amide bonds. The van der Waals surface area contributed by atoms with Gasteiger partial charge in [-0.2, -0.15) is 0 Å². The van der Waals surface area contributed by atoms with Crippen molar-refractivity contribution in [3.63, 3.8) is 0 Å². The van der Waals surface area contributed by atoms with E-state index in [1.807, 2.05) is 0 Å². The van der Waals surface area contributed by atoms with Gasteiger partial charge in [-0.05, 0) is 68.7 Å². The van der Waals surface area contributed by atoms with Crippen LogP contribution in [0, 0.1) is 0 Å². The summed E-state index contributed by atoms with van der Waals surface area (Å²) in [5.41, 5.74) is 2.73. The van der Waals surface area contributed by atoms with Gasteiger partial charge in [0, 0.05) is 13.1 Å². The Hall–Kier alpha value is -3.28. The maximum absolute atomic E-state index is 13.5. The monoisotopic (exact) mass is 887 g/mol. The predicted molar refractivity (Wildman–Crippen MR) is 203 cm³/mol. The van der Waals surface area contributed by atoms with Crippen LogP contribution in [0.1, 0.15) is 68.7 Å². The molecule has 0 saturated carbocycles. The van der Waals surface area contributed by atoms with E-state index < -0.39 is 146 Å². The fraction of sp³-hybridized carbons (Fsp3) is 0.889. The summed E-state index contributed by atoms with van der Waals surface area (Å²) in [6, 6.07) is -1.65. The Balaban J connectivity index is 2.02. The lowest BCUT2D eigenvalue weighted by Crippen LogP contribution is -2.71. The maximum atomic E-state index is 13.5. The van der Waals surface area contributed by atoms with Crippen molar-refractivity contribution in [1.82, 2.24) is 21.3 Å². The van der Waals surface area contributed by atoms with E-state index >= 15 is 0 Å². The van der Waals surface area contributed by atoms with Gasteiger partial charge in [-0.15, -0.1) is 0 Å². The van der Waals surface area contributed by atoms with Crippen LogP contribution in [0.5, 0.6) is 0 Å². The third-order valence-corrected chi connectivity index (χ3v) is 8.95. The van der Waals surface area contributed by atoms with Gasteiger partial charge in [0.05, 0.1) is 12.6 Å². The van der Waals surface area contributed by atoms with Crippen LogP contribution in [0.4, 0.5) is 14.4 Å². The van der Waals surface area contributed by atoms with Gasteiger partial charge in [0.1, 0.15) is 83.9 Å². The van der Waals surface area contributed by atoms with E-state index in [2.05, 4.69) is 21.3 Å². The van der Waals surface area contributed by atoms with Gasteiger partial charge >= 0.3 is 18.3 Å². The number of carbonyl (C=O) groups excluding carboxylic acids is 4. The molecule has 61 heavy (non-hydrogen) atoms. The van der Waals surface area contributed by atoms with Crippen molar-refractivity contribution in [3.8, 4) is 0 Å². The van der Waals surface area contributed by atoms with E-state index in [1.165, 1.54) is 20.8 Å². The van der Waals surface area contributed by atoms with Crippen LogP contribution < -0.4 is 27.0 Å². The second-order valence-electron chi connectivity index (χ2n) is 17.7. The fourth-order valence-electron chi connectivity index (χ4n) is 6.16. The number of aliphatic hydroxyl groups excluding tert-OH is 8. The first-order chi connectivity index (χ1) is 28.0. The Bertz CT molecular complexity index is 1460. The highest BCUT2D eigenvalue weighted by atomic mass is 16.7. The van der Waals surface area contributed by atoms with Crippen molar-refractivity contribution in [2.75, 3.05) is 19.7 Å². The minimum atomic E-state index is -2.16. The number of aliphatic hydroxyl groups is 8. The first kappa shape index (κ1) is 52.1. The molecule has 3 fully saturated rings. The fourth-order valence-corrected chi connectivity index (χ4v) is 6.16. The van der Waals surface area contributed by atoms with Crippen LogP contribution in [-0.4, -0.2) is 200 Å². The van der Waals surface area contributed by atoms with Crippen molar-refractivity contribution >= 4 is 24.2 Å². The first-order valence-electron chi connectivity index (χ1n) is 19.7. The molecule has 3 aliphatic heterocycles. The third kappa shape index (κ3) is 15.2. The molecule has 0 aromatic carbocycles. The molecule has 14 N–H and O–H groups in total. The Kier molecular flexibility index (Phi) is 18.3. The Morgan fingerprint density at radius 1 is 0.607 bits per heavy atom. The van der Waals surface area contributed by atoms with Crippen LogP contribution >= 0.6 is 0 Å². The van der Waals surface area contributed by atoms with Crippen molar-refractivity contribution in [3.05, 3.63) is 0 Å². The molecule has 6 unspecified atom stereocenters. The predicted octanol–water partition coefficient (Wildman–Crippen LogP) is -4.18. The zero-order valence-electron chi connectivity index (χ0n) is 35.6. The lowest BCUT2D eigenvalue weighted by atomic mass is 9.95. The van der Waals surface area contributed by atoms with Crippen molar-refractivity contribution < 1.29 is 97.9 Å². The number of hydrogen-bond donors (Lipinski definition) is 13. The van der Waals surface area contributed by atoms with E-state index in [9.17, 15) is 60.0 Å².